The van der Waals surface area contributed by atoms with Gasteiger partial charge in [-0.3, -0.25) is 0 Å². The molecule has 6 heteroatoms. The van der Waals surface area contributed by atoms with Gasteiger partial charge in [0.2, 0.25) is 0 Å². The molecule has 0 aromatic heterocycles. The molecule has 1 aromatic rings. The predicted molar refractivity (Wildman–Crippen MR) is 70.9 cm³/mol. The molecule has 3 nitrogen and oxygen atoms in total. The maximum Gasteiger partial charge on any atom is 0.389 e. The maximum atomic E-state index is 12.3. The van der Waals surface area contributed by atoms with Gasteiger partial charge in [0.1, 0.15) is 12.4 Å². The van der Waals surface area contributed by atoms with Gasteiger partial charge in [0.15, 0.2) is 0 Å². The number of ether oxygens (including phenoxy) is 2. The monoisotopic (exact) mass is 291 g/mol. The van der Waals surface area contributed by atoms with Gasteiger partial charge in [0.05, 0.1) is 6.61 Å². The second-order valence-electron chi connectivity index (χ2n) is 4.37. The first-order valence-corrected chi connectivity index (χ1v) is 6.42. The number of hydrogen-bond donors (Lipinski definition) is 1. The molecule has 1 atom stereocenters. The standard InChI is InChI=1S/C14H20F3NO2/c1-18-12(7-8-14(15,16)17)11-5-3-4-6-13(11)20-10-9-19-2/h3-6,12,18H,7-10H2,1-2H3. The van der Waals surface area contributed by atoms with Crippen LogP contribution in [0.1, 0.15) is 24.4 Å². The Morgan fingerprint density at radius 2 is 1.90 bits per heavy atom. The van der Waals surface area contributed by atoms with Crippen LogP contribution in [0, 0.1) is 0 Å². The van der Waals surface area contributed by atoms with Crippen molar-refractivity contribution in [1.29, 1.82) is 0 Å². The van der Waals surface area contributed by atoms with E-state index in [1.54, 1.807) is 38.4 Å². The number of methoxy groups -OCH3 is 1. The van der Waals surface area contributed by atoms with Crippen LogP contribution in [0.15, 0.2) is 24.3 Å². The van der Waals surface area contributed by atoms with Crippen LogP contribution in [0.5, 0.6) is 5.75 Å². The van der Waals surface area contributed by atoms with Crippen molar-refractivity contribution >= 4 is 0 Å². The first-order chi connectivity index (χ1) is 9.48. The van der Waals surface area contributed by atoms with Crippen LogP contribution in [0.25, 0.3) is 0 Å². The molecule has 0 radical (unpaired) electrons. The molecule has 0 aliphatic carbocycles. The zero-order chi connectivity index (χ0) is 15.0. The van der Waals surface area contributed by atoms with Gasteiger partial charge in [-0.1, -0.05) is 18.2 Å². The van der Waals surface area contributed by atoms with Crippen molar-refractivity contribution < 1.29 is 22.6 Å². The van der Waals surface area contributed by atoms with Crippen molar-refractivity contribution in [3.63, 3.8) is 0 Å². The van der Waals surface area contributed by atoms with E-state index in [0.29, 0.717) is 19.0 Å². The van der Waals surface area contributed by atoms with E-state index in [1.807, 2.05) is 0 Å². The molecule has 20 heavy (non-hydrogen) atoms. The fraction of sp³-hybridized carbons (Fsp3) is 0.571. The lowest BCUT2D eigenvalue weighted by Crippen LogP contribution is -2.20. The fourth-order valence-corrected chi connectivity index (χ4v) is 1.90. The minimum absolute atomic E-state index is 0.0232. The zero-order valence-corrected chi connectivity index (χ0v) is 11.7. The van der Waals surface area contributed by atoms with Crippen molar-refractivity contribution in [3.05, 3.63) is 29.8 Å². The summed E-state index contributed by atoms with van der Waals surface area (Å²) in [7, 11) is 3.21. The molecular formula is C14H20F3NO2. The summed E-state index contributed by atoms with van der Waals surface area (Å²) < 4.78 is 47.5. The summed E-state index contributed by atoms with van der Waals surface area (Å²) in [6.07, 6.45) is -5.00. The minimum atomic E-state index is -4.15. The average molecular weight is 291 g/mol. The van der Waals surface area contributed by atoms with Crippen LogP contribution in [0.4, 0.5) is 13.2 Å². The summed E-state index contributed by atoms with van der Waals surface area (Å²) in [5, 5.41) is 2.91. The third kappa shape index (κ3) is 5.79. The lowest BCUT2D eigenvalue weighted by Gasteiger charge is -2.20. The normalized spacial score (nSPS) is 13.2. The van der Waals surface area contributed by atoms with Crippen molar-refractivity contribution in [2.75, 3.05) is 27.4 Å². The van der Waals surface area contributed by atoms with Gasteiger partial charge >= 0.3 is 6.18 Å². The maximum absolute atomic E-state index is 12.3. The summed E-state index contributed by atoms with van der Waals surface area (Å²) in [4.78, 5) is 0. The van der Waals surface area contributed by atoms with Gasteiger partial charge in [-0.25, -0.2) is 0 Å². The Morgan fingerprint density at radius 1 is 1.20 bits per heavy atom. The number of hydrogen-bond acceptors (Lipinski definition) is 3. The topological polar surface area (TPSA) is 30.5 Å². The smallest absolute Gasteiger partial charge is 0.389 e. The van der Waals surface area contributed by atoms with Crippen molar-refractivity contribution in [2.45, 2.75) is 25.1 Å². The van der Waals surface area contributed by atoms with E-state index >= 15 is 0 Å². The molecule has 1 unspecified atom stereocenters. The van der Waals surface area contributed by atoms with Crippen LogP contribution >= 0.6 is 0 Å². The van der Waals surface area contributed by atoms with Gasteiger partial charge in [-0.05, 0) is 19.5 Å². The van der Waals surface area contributed by atoms with E-state index in [-0.39, 0.29) is 6.42 Å². The third-order valence-corrected chi connectivity index (χ3v) is 2.90. The Bertz CT molecular complexity index is 396. The summed E-state index contributed by atoms with van der Waals surface area (Å²) in [6, 6.07) is 6.72. The first kappa shape index (κ1) is 16.8. The van der Waals surface area contributed by atoms with Gasteiger partial charge in [0, 0.05) is 25.1 Å². The molecule has 0 fully saturated rings. The average Bonchev–Trinajstić information content (AvgIpc) is 2.40. The molecule has 1 aromatic carbocycles. The van der Waals surface area contributed by atoms with Gasteiger partial charge in [-0.15, -0.1) is 0 Å². The molecule has 0 heterocycles. The van der Waals surface area contributed by atoms with Crippen LogP contribution < -0.4 is 10.1 Å². The van der Waals surface area contributed by atoms with Crippen LogP contribution in [-0.4, -0.2) is 33.5 Å². The van der Waals surface area contributed by atoms with Crippen molar-refractivity contribution in [3.8, 4) is 5.75 Å². The van der Waals surface area contributed by atoms with Gasteiger partial charge in [0.25, 0.3) is 0 Å². The van der Waals surface area contributed by atoms with Crippen molar-refractivity contribution in [1.82, 2.24) is 5.32 Å². The Balaban J connectivity index is 2.75. The minimum Gasteiger partial charge on any atom is -0.491 e. The summed E-state index contributed by atoms with van der Waals surface area (Å²) in [5.74, 6) is 0.589. The quantitative estimate of drug-likeness (QED) is 0.745. The Morgan fingerprint density at radius 3 is 2.50 bits per heavy atom. The molecule has 1 N–H and O–H groups in total. The second-order valence-corrected chi connectivity index (χ2v) is 4.37. The molecule has 0 spiro atoms. The molecule has 0 saturated heterocycles. The van der Waals surface area contributed by atoms with Crippen LogP contribution in [0.2, 0.25) is 0 Å². The lowest BCUT2D eigenvalue weighted by molar-refractivity contribution is -0.136. The highest BCUT2D eigenvalue weighted by molar-refractivity contribution is 5.36. The van der Waals surface area contributed by atoms with E-state index in [1.165, 1.54) is 0 Å². The SMILES string of the molecule is CNC(CCC(F)(F)F)c1ccccc1OCCOC. The predicted octanol–water partition coefficient (Wildman–Crippen LogP) is 3.31. The second kappa shape index (κ2) is 8.11. The van der Waals surface area contributed by atoms with Crippen molar-refractivity contribution in [2.24, 2.45) is 0 Å². The molecule has 114 valence electrons. The molecule has 0 saturated carbocycles. The molecule has 0 aliphatic rings. The summed E-state index contributed by atoms with van der Waals surface area (Å²) in [5.41, 5.74) is 0.732. The highest BCUT2D eigenvalue weighted by Crippen LogP contribution is 2.31. The largest absolute Gasteiger partial charge is 0.491 e. The number of rotatable bonds is 8. The number of halogens is 3. The molecule has 0 bridgehead atoms. The molecule has 0 amide bonds. The molecule has 0 aliphatic heterocycles. The Hall–Kier alpha value is -1.27. The number of nitrogens with one attached hydrogen (secondary N) is 1. The first-order valence-electron chi connectivity index (χ1n) is 6.42. The third-order valence-electron chi connectivity index (χ3n) is 2.90. The Kier molecular flexibility index (Phi) is 6.81. The highest BCUT2D eigenvalue weighted by atomic mass is 19.4. The Labute approximate surface area is 117 Å². The van der Waals surface area contributed by atoms with Crippen LogP contribution in [-0.2, 0) is 4.74 Å². The molecule has 1 rings (SSSR count). The van der Waals surface area contributed by atoms with Gasteiger partial charge in [-0.2, -0.15) is 13.2 Å². The zero-order valence-electron chi connectivity index (χ0n) is 11.7. The summed E-state index contributed by atoms with van der Waals surface area (Å²) >= 11 is 0. The van der Waals surface area contributed by atoms with E-state index in [2.05, 4.69) is 5.32 Å². The number of para-hydroxylation sites is 1. The van der Waals surface area contributed by atoms with E-state index < -0.39 is 18.6 Å². The van der Waals surface area contributed by atoms with Crippen LogP contribution in [0.3, 0.4) is 0 Å². The number of alkyl halides is 3. The van der Waals surface area contributed by atoms with E-state index in [4.69, 9.17) is 9.47 Å². The number of benzene rings is 1. The highest BCUT2D eigenvalue weighted by Gasteiger charge is 2.29. The van der Waals surface area contributed by atoms with E-state index in [0.717, 1.165) is 5.56 Å². The summed E-state index contributed by atoms with van der Waals surface area (Å²) in [6.45, 7) is 0.796. The fourth-order valence-electron chi connectivity index (χ4n) is 1.90. The molecular weight excluding hydrogens is 271 g/mol. The van der Waals surface area contributed by atoms with E-state index in [9.17, 15) is 13.2 Å². The van der Waals surface area contributed by atoms with Gasteiger partial charge < -0.3 is 14.8 Å². The lowest BCUT2D eigenvalue weighted by atomic mass is 10.0.